The lowest BCUT2D eigenvalue weighted by Crippen LogP contribution is -2.22. The quantitative estimate of drug-likeness (QED) is 0.324. The molecule has 1 aliphatic rings. The molecule has 1 amide bonds. The van der Waals surface area contributed by atoms with Crippen molar-refractivity contribution in [1.82, 2.24) is 4.98 Å². The molecule has 4 aromatic rings. The van der Waals surface area contributed by atoms with Gasteiger partial charge < -0.3 is 19.9 Å². The van der Waals surface area contributed by atoms with E-state index in [1.807, 2.05) is 55.5 Å². The Kier molecular flexibility index (Phi) is 6.85. The van der Waals surface area contributed by atoms with Gasteiger partial charge >= 0.3 is 5.97 Å². The lowest BCUT2D eigenvalue weighted by Gasteiger charge is -2.13. The smallest absolute Gasteiger partial charge is 0.339 e. The summed E-state index contributed by atoms with van der Waals surface area (Å²) in [5.41, 5.74) is 5.16. The van der Waals surface area contributed by atoms with Crippen molar-refractivity contribution in [2.24, 2.45) is 0 Å². The summed E-state index contributed by atoms with van der Waals surface area (Å²) in [7, 11) is 0. The van der Waals surface area contributed by atoms with Crippen molar-refractivity contribution >= 4 is 40.1 Å². The molecule has 2 N–H and O–H groups in total. The number of nitrogens with one attached hydrogen (secondary N) is 1. The van der Waals surface area contributed by atoms with Gasteiger partial charge in [0, 0.05) is 5.39 Å². The number of aromatic nitrogens is 1. The van der Waals surface area contributed by atoms with Crippen LogP contribution >= 0.6 is 0 Å². The molecule has 0 saturated heterocycles. The summed E-state index contributed by atoms with van der Waals surface area (Å²) in [6, 6.07) is 21.5. The number of para-hydroxylation sites is 3. The van der Waals surface area contributed by atoms with Gasteiger partial charge in [-0.05, 0) is 72.9 Å². The first-order valence-corrected chi connectivity index (χ1v) is 12.1. The molecule has 186 valence electrons. The molecule has 37 heavy (non-hydrogen) atoms. The number of pyridine rings is 1. The predicted molar refractivity (Wildman–Crippen MR) is 143 cm³/mol. The van der Waals surface area contributed by atoms with E-state index in [9.17, 15) is 14.7 Å². The molecule has 0 unspecified atom stereocenters. The molecule has 0 bridgehead atoms. The van der Waals surface area contributed by atoms with Crippen molar-refractivity contribution in [3.63, 3.8) is 0 Å². The van der Waals surface area contributed by atoms with Gasteiger partial charge in [-0.1, -0.05) is 42.5 Å². The molecule has 5 rings (SSSR count). The number of rotatable bonds is 7. The Morgan fingerprint density at radius 1 is 1.00 bits per heavy atom. The number of hydrogen-bond acceptors (Lipinski definition) is 6. The molecule has 1 aliphatic carbocycles. The monoisotopic (exact) mass is 494 g/mol. The average molecular weight is 495 g/mol. The van der Waals surface area contributed by atoms with Crippen LogP contribution in [0.15, 0.2) is 72.8 Å². The van der Waals surface area contributed by atoms with Gasteiger partial charge in [0.2, 0.25) is 0 Å². The zero-order chi connectivity index (χ0) is 25.8. The Labute approximate surface area is 214 Å². The van der Waals surface area contributed by atoms with E-state index in [2.05, 4.69) is 5.32 Å². The van der Waals surface area contributed by atoms with E-state index in [1.54, 1.807) is 30.3 Å². The molecule has 3 aromatic carbocycles. The van der Waals surface area contributed by atoms with Gasteiger partial charge in [0.1, 0.15) is 11.5 Å². The van der Waals surface area contributed by atoms with Crippen LogP contribution < -0.4 is 10.1 Å². The topological polar surface area (TPSA) is 97.8 Å². The molecule has 1 heterocycles. The molecule has 0 spiro atoms. The average Bonchev–Trinajstić information content (AvgIpc) is 3.30. The number of hydrogen-bond donors (Lipinski definition) is 2. The predicted octanol–water partition coefficient (Wildman–Crippen LogP) is 5.62. The lowest BCUT2D eigenvalue weighted by molar-refractivity contribution is -0.119. The first-order valence-electron chi connectivity index (χ1n) is 12.1. The van der Waals surface area contributed by atoms with E-state index in [-0.39, 0.29) is 5.75 Å². The second kappa shape index (κ2) is 10.5. The van der Waals surface area contributed by atoms with Crippen LogP contribution in [0.25, 0.3) is 22.6 Å². The molecular formula is C30H26N2O5. The standard InChI is InChI=1S/C30H26N2O5/c1-2-36-26-10-6-5-9-25(26)31-27(34)18-37-30(35)28-22-7-3-4-8-24(22)32-29-20(13-16-23(28)29)17-19-11-14-21(33)15-12-19/h3-12,14-15,17,33H,2,13,16,18H2,1H3,(H,31,34)/b20-17+. The number of fused-ring (bicyclic) bond motifs is 2. The maximum atomic E-state index is 13.3. The Morgan fingerprint density at radius 2 is 1.76 bits per heavy atom. The number of benzene rings is 3. The van der Waals surface area contributed by atoms with Crippen LogP contribution in [0.1, 0.15) is 40.5 Å². The summed E-state index contributed by atoms with van der Waals surface area (Å²) in [5.74, 6) is -0.262. The largest absolute Gasteiger partial charge is 0.508 e. The molecule has 1 aromatic heterocycles. The summed E-state index contributed by atoms with van der Waals surface area (Å²) in [6.07, 6.45) is 3.37. The van der Waals surface area contributed by atoms with Crippen molar-refractivity contribution in [3.05, 3.63) is 95.2 Å². The summed E-state index contributed by atoms with van der Waals surface area (Å²) in [4.78, 5) is 30.8. The van der Waals surface area contributed by atoms with Gasteiger partial charge in [0.25, 0.3) is 5.91 Å². The Morgan fingerprint density at radius 3 is 2.57 bits per heavy atom. The lowest BCUT2D eigenvalue weighted by atomic mass is 10.0. The number of ether oxygens (including phenoxy) is 2. The number of amides is 1. The minimum Gasteiger partial charge on any atom is -0.508 e. The molecule has 0 aliphatic heterocycles. The summed E-state index contributed by atoms with van der Waals surface area (Å²) >= 11 is 0. The Balaban J connectivity index is 1.41. The molecule has 0 radical (unpaired) electrons. The van der Waals surface area contributed by atoms with Crippen LogP contribution in [0, 0.1) is 0 Å². The van der Waals surface area contributed by atoms with Crippen LogP contribution in [0.2, 0.25) is 0 Å². The van der Waals surface area contributed by atoms with Crippen molar-refractivity contribution < 1.29 is 24.2 Å². The normalized spacial score (nSPS) is 13.4. The molecule has 7 nitrogen and oxygen atoms in total. The van der Waals surface area contributed by atoms with Gasteiger partial charge in [-0.15, -0.1) is 0 Å². The number of carbonyl (C=O) groups is 2. The van der Waals surface area contributed by atoms with Crippen molar-refractivity contribution in [3.8, 4) is 11.5 Å². The fourth-order valence-corrected chi connectivity index (χ4v) is 4.52. The third kappa shape index (κ3) is 5.16. The number of nitrogens with zero attached hydrogens (tertiary/aromatic N) is 1. The Hall–Kier alpha value is -4.65. The number of anilines is 1. The minimum atomic E-state index is -0.561. The first kappa shape index (κ1) is 24.1. The van der Waals surface area contributed by atoms with Crippen LogP contribution in [0.5, 0.6) is 11.5 Å². The second-order valence-electron chi connectivity index (χ2n) is 8.65. The van der Waals surface area contributed by atoms with Crippen LogP contribution in [0.4, 0.5) is 5.69 Å². The fourth-order valence-electron chi connectivity index (χ4n) is 4.52. The first-order chi connectivity index (χ1) is 18.0. The van der Waals surface area contributed by atoms with E-state index in [0.717, 1.165) is 22.4 Å². The summed E-state index contributed by atoms with van der Waals surface area (Å²) in [6.45, 7) is 1.90. The number of phenols is 1. The third-order valence-electron chi connectivity index (χ3n) is 6.18. The van der Waals surface area contributed by atoms with Crippen molar-refractivity contribution in [1.29, 1.82) is 0 Å². The zero-order valence-electron chi connectivity index (χ0n) is 20.4. The Bertz CT molecular complexity index is 1510. The number of phenolic OH excluding ortho intramolecular Hbond substituents is 1. The van der Waals surface area contributed by atoms with E-state index in [4.69, 9.17) is 14.5 Å². The number of allylic oxidation sites excluding steroid dienone is 1. The van der Waals surface area contributed by atoms with Crippen LogP contribution in [0.3, 0.4) is 0 Å². The highest BCUT2D eigenvalue weighted by Crippen LogP contribution is 2.38. The summed E-state index contributed by atoms with van der Waals surface area (Å²) < 4.78 is 11.0. The summed E-state index contributed by atoms with van der Waals surface area (Å²) in [5, 5.41) is 13.0. The molecule has 0 saturated carbocycles. The maximum Gasteiger partial charge on any atom is 0.339 e. The van der Waals surface area contributed by atoms with E-state index < -0.39 is 18.5 Å². The van der Waals surface area contributed by atoms with Crippen molar-refractivity contribution in [2.75, 3.05) is 18.5 Å². The molecule has 0 atom stereocenters. The van der Waals surface area contributed by atoms with Gasteiger partial charge in [-0.25, -0.2) is 9.78 Å². The third-order valence-corrected chi connectivity index (χ3v) is 6.18. The van der Waals surface area contributed by atoms with E-state index >= 15 is 0 Å². The molecule has 7 heteroatoms. The van der Waals surface area contributed by atoms with Gasteiger partial charge in [-0.3, -0.25) is 4.79 Å². The highest BCUT2D eigenvalue weighted by Gasteiger charge is 2.28. The van der Waals surface area contributed by atoms with Crippen LogP contribution in [-0.4, -0.2) is 35.2 Å². The fraction of sp³-hybridized carbons (Fsp3) is 0.167. The number of aromatic hydroxyl groups is 1. The number of esters is 1. The maximum absolute atomic E-state index is 13.3. The zero-order valence-corrected chi connectivity index (χ0v) is 20.4. The minimum absolute atomic E-state index is 0.202. The van der Waals surface area contributed by atoms with Crippen LogP contribution in [-0.2, 0) is 16.0 Å². The molecular weight excluding hydrogens is 468 g/mol. The van der Waals surface area contributed by atoms with Gasteiger partial charge in [0.15, 0.2) is 6.61 Å². The molecule has 0 fully saturated rings. The van der Waals surface area contributed by atoms with E-state index in [1.165, 1.54) is 0 Å². The number of carbonyl (C=O) groups excluding carboxylic acids is 2. The van der Waals surface area contributed by atoms with Gasteiger partial charge in [-0.2, -0.15) is 0 Å². The van der Waals surface area contributed by atoms with Crippen molar-refractivity contribution in [2.45, 2.75) is 19.8 Å². The highest BCUT2D eigenvalue weighted by atomic mass is 16.5. The highest BCUT2D eigenvalue weighted by molar-refractivity contribution is 6.08. The van der Waals surface area contributed by atoms with Gasteiger partial charge in [0.05, 0.1) is 29.1 Å². The second-order valence-corrected chi connectivity index (χ2v) is 8.65. The van der Waals surface area contributed by atoms with E-state index in [0.29, 0.717) is 47.4 Å². The SMILES string of the molecule is CCOc1ccccc1NC(=O)COC(=O)c1c2c(nc3ccccc13)/C(=C/c1ccc(O)cc1)CC2.